The van der Waals surface area contributed by atoms with Crippen molar-refractivity contribution in [2.24, 2.45) is 0 Å². The van der Waals surface area contributed by atoms with Crippen molar-refractivity contribution < 1.29 is 18.0 Å². The Bertz CT molecular complexity index is 950. The molecule has 0 aliphatic carbocycles. The molecule has 0 bridgehead atoms. The second-order valence-electron chi connectivity index (χ2n) is 6.70. The number of nitrogens with one attached hydrogen (secondary N) is 2. The third kappa shape index (κ3) is 5.88. The molecule has 0 fully saturated rings. The van der Waals surface area contributed by atoms with Gasteiger partial charge < -0.3 is 10.2 Å². The fraction of sp³-hybridized carbons (Fsp3) is 0.333. The molecule has 2 N–H and O–H groups in total. The minimum absolute atomic E-state index is 0.0768. The van der Waals surface area contributed by atoms with Crippen molar-refractivity contribution in [1.82, 2.24) is 9.62 Å². The average molecular weight is 418 g/mol. The molecule has 0 heterocycles. The lowest BCUT2D eigenvalue weighted by atomic mass is 10.1. The molecule has 2 rings (SSSR count). The lowest BCUT2D eigenvalue weighted by Crippen LogP contribution is -2.41. The topological polar surface area (TPSA) is 95.6 Å². The third-order valence-electron chi connectivity index (χ3n) is 4.51. The van der Waals surface area contributed by atoms with Crippen LogP contribution in [-0.2, 0) is 14.8 Å². The van der Waals surface area contributed by atoms with E-state index in [4.69, 9.17) is 0 Å². The normalized spacial score (nSPS) is 12.3. The van der Waals surface area contributed by atoms with Gasteiger partial charge in [-0.25, -0.2) is 8.42 Å². The van der Waals surface area contributed by atoms with Crippen molar-refractivity contribution in [3.8, 4) is 0 Å². The summed E-state index contributed by atoms with van der Waals surface area (Å²) < 4.78 is 27.2. The van der Waals surface area contributed by atoms with Gasteiger partial charge in [-0.05, 0) is 64.1 Å². The predicted octanol–water partition coefficient (Wildman–Crippen LogP) is 2.78. The maximum Gasteiger partial charge on any atom is 0.253 e. The second-order valence-corrected chi connectivity index (χ2v) is 8.41. The van der Waals surface area contributed by atoms with E-state index in [1.165, 1.54) is 19.1 Å². The van der Waals surface area contributed by atoms with Crippen LogP contribution in [0.2, 0.25) is 0 Å². The Morgan fingerprint density at radius 2 is 1.52 bits per heavy atom. The summed E-state index contributed by atoms with van der Waals surface area (Å²) in [6, 6.07) is 11.9. The van der Waals surface area contributed by atoms with E-state index in [9.17, 15) is 18.0 Å². The number of sulfonamides is 1. The number of hydrogen-bond donors (Lipinski definition) is 2. The molecule has 29 heavy (non-hydrogen) atoms. The molecule has 2 aromatic rings. The Labute approximate surface area is 172 Å². The quantitative estimate of drug-likeness (QED) is 0.690. The summed E-state index contributed by atoms with van der Waals surface area (Å²) in [5.41, 5.74) is 1.95. The van der Waals surface area contributed by atoms with Crippen LogP contribution in [0.5, 0.6) is 0 Å². The Morgan fingerprint density at radius 1 is 0.966 bits per heavy atom. The van der Waals surface area contributed by atoms with Crippen molar-refractivity contribution in [2.45, 2.75) is 38.6 Å². The monoisotopic (exact) mass is 417 g/mol. The zero-order chi connectivity index (χ0) is 21.6. The van der Waals surface area contributed by atoms with Gasteiger partial charge >= 0.3 is 0 Å². The smallest absolute Gasteiger partial charge is 0.253 e. The summed E-state index contributed by atoms with van der Waals surface area (Å²) in [5.74, 6) is -0.574. The van der Waals surface area contributed by atoms with Gasteiger partial charge in [0.1, 0.15) is 0 Å². The van der Waals surface area contributed by atoms with E-state index in [1.54, 1.807) is 41.3 Å². The average Bonchev–Trinajstić information content (AvgIpc) is 2.69. The van der Waals surface area contributed by atoms with Gasteiger partial charge in [0.05, 0.1) is 10.9 Å². The van der Waals surface area contributed by atoms with E-state index in [-0.39, 0.29) is 10.8 Å². The minimum Gasteiger partial charge on any atom is -0.339 e. The maximum absolute atomic E-state index is 12.4. The van der Waals surface area contributed by atoms with Crippen LogP contribution in [0.1, 0.15) is 36.7 Å². The van der Waals surface area contributed by atoms with E-state index in [2.05, 4.69) is 10.0 Å². The molecule has 0 saturated carbocycles. The molecule has 0 aromatic heterocycles. The standard InChI is InChI=1S/C21H27N3O4S/c1-5-24(6-2)21(26)17-9-11-18(12-10-17)22-20(25)16(4)23-29(27,28)19-13-7-15(3)8-14-19/h7-14,16,23H,5-6H2,1-4H3,(H,22,25)/t16-/m1/s1. The van der Waals surface area contributed by atoms with Gasteiger partial charge in [-0.15, -0.1) is 0 Å². The molecule has 0 aliphatic rings. The maximum atomic E-state index is 12.4. The highest BCUT2D eigenvalue weighted by Crippen LogP contribution is 2.14. The van der Waals surface area contributed by atoms with Gasteiger partial charge in [-0.2, -0.15) is 4.72 Å². The first kappa shape index (κ1) is 22.6. The van der Waals surface area contributed by atoms with Gasteiger partial charge in [0.25, 0.3) is 5.91 Å². The summed E-state index contributed by atoms with van der Waals surface area (Å²) in [6.45, 7) is 8.39. The van der Waals surface area contributed by atoms with Crippen LogP contribution in [0.3, 0.4) is 0 Å². The molecule has 0 aliphatic heterocycles. The first-order chi connectivity index (χ1) is 13.7. The van der Waals surface area contributed by atoms with Crippen LogP contribution in [-0.4, -0.2) is 44.3 Å². The SMILES string of the molecule is CCN(CC)C(=O)c1ccc(NC(=O)[C@@H](C)NS(=O)(=O)c2ccc(C)cc2)cc1. The number of aryl methyl sites for hydroxylation is 1. The molecule has 8 heteroatoms. The van der Waals surface area contributed by atoms with Crippen LogP contribution in [0.4, 0.5) is 5.69 Å². The van der Waals surface area contributed by atoms with Crippen molar-refractivity contribution in [1.29, 1.82) is 0 Å². The fourth-order valence-electron chi connectivity index (χ4n) is 2.71. The Balaban J connectivity index is 2.02. The third-order valence-corrected chi connectivity index (χ3v) is 6.06. The van der Waals surface area contributed by atoms with Crippen LogP contribution < -0.4 is 10.0 Å². The number of anilines is 1. The van der Waals surface area contributed by atoms with Gasteiger partial charge in [0.15, 0.2) is 0 Å². The highest BCUT2D eigenvalue weighted by Gasteiger charge is 2.22. The number of carbonyl (C=O) groups excluding carboxylic acids is 2. The van der Waals surface area contributed by atoms with Crippen LogP contribution in [0.15, 0.2) is 53.4 Å². The molecule has 1 atom stereocenters. The Hall–Kier alpha value is -2.71. The number of nitrogens with zero attached hydrogens (tertiary/aromatic N) is 1. The summed E-state index contributed by atoms with van der Waals surface area (Å²) in [6.07, 6.45) is 0. The molecule has 156 valence electrons. The van der Waals surface area contributed by atoms with Crippen molar-refractivity contribution >= 4 is 27.5 Å². The summed E-state index contributed by atoms with van der Waals surface area (Å²) >= 11 is 0. The van der Waals surface area contributed by atoms with Crippen molar-refractivity contribution in [3.05, 3.63) is 59.7 Å². The molecule has 2 aromatic carbocycles. The van der Waals surface area contributed by atoms with Gasteiger partial charge in [-0.3, -0.25) is 9.59 Å². The largest absolute Gasteiger partial charge is 0.339 e. The second kappa shape index (κ2) is 9.67. The predicted molar refractivity (Wildman–Crippen MR) is 113 cm³/mol. The fourth-order valence-corrected chi connectivity index (χ4v) is 3.91. The lowest BCUT2D eigenvalue weighted by molar-refractivity contribution is -0.117. The highest BCUT2D eigenvalue weighted by atomic mass is 32.2. The Morgan fingerprint density at radius 3 is 2.03 bits per heavy atom. The van der Waals surface area contributed by atoms with Crippen LogP contribution >= 0.6 is 0 Å². The first-order valence-electron chi connectivity index (χ1n) is 9.47. The van der Waals surface area contributed by atoms with Gasteiger partial charge in [0, 0.05) is 24.3 Å². The zero-order valence-corrected chi connectivity index (χ0v) is 17.9. The summed E-state index contributed by atoms with van der Waals surface area (Å²) in [4.78, 5) is 26.5. The number of amides is 2. The molecule has 0 radical (unpaired) electrons. The number of hydrogen-bond acceptors (Lipinski definition) is 4. The Kier molecular flexibility index (Phi) is 7.53. The van der Waals surface area contributed by atoms with Crippen LogP contribution in [0.25, 0.3) is 0 Å². The summed E-state index contributed by atoms with van der Waals surface area (Å²) in [5, 5.41) is 2.66. The van der Waals surface area contributed by atoms with E-state index in [1.807, 2.05) is 20.8 Å². The molecule has 0 spiro atoms. The molecule has 7 nitrogen and oxygen atoms in total. The minimum atomic E-state index is -3.81. The van der Waals surface area contributed by atoms with E-state index in [0.717, 1.165) is 5.56 Å². The van der Waals surface area contributed by atoms with Gasteiger partial charge in [-0.1, -0.05) is 17.7 Å². The van der Waals surface area contributed by atoms with Gasteiger partial charge in [0.2, 0.25) is 15.9 Å². The number of rotatable bonds is 8. The molecule has 0 unspecified atom stereocenters. The van der Waals surface area contributed by atoms with Crippen molar-refractivity contribution in [2.75, 3.05) is 18.4 Å². The molecular weight excluding hydrogens is 390 g/mol. The molecule has 2 amide bonds. The zero-order valence-electron chi connectivity index (χ0n) is 17.1. The van der Waals surface area contributed by atoms with Crippen molar-refractivity contribution in [3.63, 3.8) is 0 Å². The first-order valence-corrected chi connectivity index (χ1v) is 11.0. The van der Waals surface area contributed by atoms with Crippen LogP contribution in [0, 0.1) is 6.92 Å². The lowest BCUT2D eigenvalue weighted by Gasteiger charge is -2.19. The summed E-state index contributed by atoms with van der Waals surface area (Å²) in [7, 11) is -3.81. The number of benzene rings is 2. The van der Waals surface area contributed by atoms with E-state index >= 15 is 0 Å². The van der Waals surface area contributed by atoms with E-state index < -0.39 is 22.0 Å². The van der Waals surface area contributed by atoms with E-state index in [0.29, 0.717) is 24.3 Å². The molecule has 0 saturated heterocycles. The number of carbonyl (C=O) groups is 2. The highest BCUT2D eigenvalue weighted by molar-refractivity contribution is 7.89. The molecular formula is C21H27N3O4S.